The Bertz CT molecular complexity index is 737. The lowest BCUT2D eigenvalue weighted by molar-refractivity contribution is 0.224. The minimum Gasteiger partial charge on any atom is -0.383 e. The van der Waals surface area contributed by atoms with E-state index in [1.165, 1.54) is 17.2 Å². The third-order valence-electron chi connectivity index (χ3n) is 3.24. The zero-order chi connectivity index (χ0) is 15.8. The van der Waals surface area contributed by atoms with E-state index in [1.807, 2.05) is 12.1 Å². The Morgan fingerprint density at radius 2 is 1.81 bits per heavy atom. The summed E-state index contributed by atoms with van der Waals surface area (Å²) in [7, 11) is -3.27. The zero-order valence-electron chi connectivity index (χ0n) is 12.6. The highest BCUT2D eigenvalue weighted by Crippen LogP contribution is 2.34. The molecule has 0 aliphatic carbocycles. The first-order chi connectivity index (χ1) is 9.59. The Balaban J connectivity index is 2.37. The summed E-state index contributed by atoms with van der Waals surface area (Å²) in [6.45, 7) is 6.37. The maximum atomic E-state index is 11.6. The van der Waals surface area contributed by atoms with E-state index in [-0.39, 0.29) is 10.3 Å². The van der Waals surface area contributed by atoms with E-state index in [9.17, 15) is 13.5 Å². The number of aliphatic hydroxyl groups is 1. The molecule has 1 heterocycles. The Labute approximate surface area is 130 Å². The fourth-order valence-electron chi connectivity index (χ4n) is 1.98. The summed E-state index contributed by atoms with van der Waals surface area (Å²) in [5.74, 6) is 0. The van der Waals surface area contributed by atoms with Gasteiger partial charge in [0.25, 0.3) is 0 Å². The van der Waals surface area contributed by atoms with E-state index < -0.39 is 15.9 Å². The molecule has 0 amide bonds. The van der Waals surface area contributed by atoms with E-state index in [4.69, 9.17) is 0 Å². The van der Waals surface area contributed by atoms with Crippen LogP contribution in [-0.2, 0) is 15.3 Å². The fourth-order valence-corrected chi connectivity index (χ4v) is 3.74. The van der Waals surface area contributed by atoms with Crippen molar-refractivity contribution in [2.24, 2.45) is 0 Å². The predicted octanol–water partition coefficient (Wildman–Crippen LogP) is 3.53. The molecule has 2 aromatic rings. The van der Waals surface area contributed by atoms with Crippen molar-refractivity contribution in [2.75, 3.05) is 6.26 Å². The van der Waals surface area contributed by atoms with Crippen LogP contribution in [0.5, 0.6) is 0 Å². The molecule has 0 saturated heterocycles. The van der Waals surface area contributed by atoms with Gasteiger partial charge in [0, 0.05) is 16.0 Å². The molecule has 0 aliphatic rings. The first-order valence-electron chi connectivity index (χ1n) is 6.67. The molecule has 1 unspecified atom stereocenters. The van der Waals surface area contributed by atoms with E-state index in [0.717, 1.165) is 4.88 Å². The molecule has 1 aromatic carbocycles. The second kappa shape index (κ2) is 5.55. The standard InChI is InChI=1S/C16H20O3S2/c1-16(2,3)14-9-8-13(20-14)15(17)11-6-5-7-12(10-11)21(4,18)19/h5-10,15,17H,1-4H3. The van der Waals surface area contributed by atoms with Gasteiger partial charge in [-0.3, -0.25) is 0 Å². The van der Waals surface area contributed by atoms with Crippen LogP contribution in [0.1, 0.15) is 42.2 Å². The normalized spacial score (nSPS) is 14.1. The van der Waals surface area contributed by atoms with E-state index in [0.29, 0.717) is 5.56 Å². The highest BCUT2D eigenvalue weighted by Gasteiger charge is 2.20. The largest absolute Gasteiger partial charge is 0.383 e. The summed E-state index contributed by atoms with van der Waals surface area (Å²) in [6, 6.07) is 10.4. The third-order valence-corrected chi connectivity index (χ3v) is 5.91. The van der Waals surface area contributed by atoms with Gasteiger partial charge in [-0.05, 0) is 35.2 Å². The van der Waals surface area contributed by atoms with E-state index >= 15 is 0 Å². The summed E-state index contributed by atoms with van der Waals surface area (Å²) >= 11 is 1.56. The lowest BCUT2D eigenvalue weighted by Gasteiger charge is -2.16. The van der Waals surface area contributed by atoms with Crippen molar-refractivity contribution in [3.8, 4) is 0 Å². The van der Waals surface area contributed by atoms with Gasteiger partial charge in [0.1, 0.15) is 6.10 Å². The van der Waals surface area contributed by atoms with Crippen LogP contribution in [0.15, 0.2) is 41.3 Å². The minimum absolute atomic E-state index is 0.0389. The second-order valence-electron chi connectivity index (χ2n) is 6.20. The number of aliphatic hydroxyl groups excluding tert-OH is 1. The molecular formula is C16H20O3S2. The molecule has 3 nitrogen and oxygen atoms in total. The maximum absolute atomic E-state index is 11.6. The number of hydrogen-bond donors (Lipinski definition) is 1. The third kappa shape index (κ3) is 3.73. The van der Waals surface area contributed by atoms with Gasteiger partial charge in [0.05, 0.1) is 4.90 Å². The Kier molecular flexibility index (Phi) is 4.29. The predicted molar refractivity (Wildman–Crippen MR) is 86.6 cm³/mol. The summed E-state index contributed by atoms with van der Waals surface area (Å²) in [5.41, 5.74) is 0.636. The van der Waals surface area contributed by atoms with Crippen LogP contribution < -0.4 is 0 Å². The fraction of sp³-hybridized carbons (Fsp3) is 0.375. The highest BCUT2D eigenvalue weighted by molar-refractivity contribution is 7.90. The van der Waals surface area contributed by atoms with Crippen LogP contribution in [0.2, 0.25) is 0 Å². The van der Waals surface area contributed by atoms with Gasteiger partial charge < -0.3 is 5.11 Å². The lowest BCUT2D eigenvalue weighted by atomic mass is 9.95. The molecule has 0 bridgehead atoms. The van der Waals surface area contributed by atoms with Gasteiger partial charge in [0.15, 0.2) is 9.84 Å². The van der Waals surface area contributed by atoms with Crippen molar-refractivity contribution in [2.45, 2.75) is 37.2 Å². The second-order valence-corrected chi connectivity index (χ2v) is 9.33. The smallest absolute Gasteiger partial charge is 0.175 e. The Morgan fingerprint density at radius 3 is 2.33 bits per heavy atom. The van der Waals surface area contributed by atoms with Crippen LogP contribution in [0.4, 0.5) is 0 Å². The molecule has 0 saturated carbocycles. The molecule has 1 aromatic heterocycles. The summed E-state index contributed by atoms with van der Waals surface area (Å²) in [4.78, 5) is 2.24. The maximum Gasteiger partial charge on any atom is 0.175 e. The van der Waals surface area contributed by atoms with E-state index in [1.54, 1.807) is 29.5 Å². The van der Waals surface area contributed by atoms with Crippen LogP contribution in [0, 0.1) is 0 Å². The molecule has 2 rings (SSSR count). The van der Waals surface area contributed by atoms with Crippen LogP contribution >= 0.6 is 11.3 Å². The number of thiophene rings is 1. The topological polar surface area (TPSA) is 54.4 Å². The van der Waals surface area contributed by atoms with Crippen molar-refractivity contribution in [3.05, 3.63) is 51.7 Å². The molecule has 1 N–H and O–H groups in total. The number of hydrogen-bond acceptors (Lipinski definition) is 4. The molecule has 0 aliphatic heterocycles. The average Bonchev–Trinajstić information content (AvgIpc) is 2.86. The SMILES string of the molecule is CC(C)(C)c1ccc(C(O)c2cccc(S(C)(=O)=O)c2)s1. The van der Waals surface area contributed by atoms with E-state index in [2.05, 4.69) is 20.8 Å². The summed E-state index contributed by atoms with van der Waals surface area (Å²) in [5, 5.41) is 10.5. The van der Waals surface area contributed by atoms with Crippen molar-refractivity contribution in [1.29, 1.82) is 0 Å². The average molecular weight is 324 g/mol. The first kappa shape index (κ1) is 16.2. The lowest BCUT2D eigenvalue weighted by Crippen LogP contribution is -2.07. The Morgan fingerprint density at radius 1 is 1.14 bits per heavy atom. The molecule has 5 heteroatoms. The van der Waals surface area contributed by atoms with Crippen molar-refractivity contribution >= 4 is 21.2 Å². The van der Waals surface area contributed by atoms with Gasteiger partial charge in [0.2, 0.25) is 0 Å². The van der Waals surface area contributed by atoms with Crippen LogP contribution in [0.25, 0.3) is 0 Å². The molecule has 0 spiro atoms. The van der Waals surface area contributed by atoms with Crippen LogP contribution in [0.3, 0.4) is 0 Å². The van der Waals surface area contributed by atoms with Crippen molar-refractivity contribution in [3.63, 3.8) is 0 Å². The molecular weight excluding hydrogens is 304 g/mol. The highest BCUT2D eigenvalue weighted by atomic mass is 32.2. The summed E-state index contributed by atoms with van der Waals surface area (Å²) in [6.07, 6.45) is 0.370. The summed E-state index contributed by atoms with van der Waals surface area (Å²) < 4.78 is 23.2. The Hall–Kier alpha value is -1.17. The molecule has 0 fully saturated rings. The minimum atomic E-state index is -3.27. The van der Waals surface area contributed by atoms with Gasteiger partial charge in [-0.15, -0.1) is 11.3 Å². The van der Waals surface area contributed by atoms with Crippen molar-refractivity contribution < 1.29 is 13.5 Å². The number of benzene rings is 1. The molecule has 1 atom stereocenters. The van der Waals surface area contributed by atoms with Gasteiger partial charge >= 0.3 is 0 Å². The molecule has 0 radical (unpaired) electrons. The zero-order valence-corrected chi connectivity index (χ0v) is 14.3. The first-order valence-corrected chi connectivity index (χ1v) is 9.38. The quantitative estimate of drug-likeness (QED) is 0.939. The number of rotatable bonds is 3. The molecule has 114 valence electrons. The van der Waals surface area contributed by atoms with Gasteiger partial charge in [-0.1, -0.05) is 32.9 Å². The van der Waals surface area contributed by atoms with Crippen LogP contribution in [-0.4, -0.2) is 19.8 Å². The monoisotopic (exact) mass is 324 g/mol. The van der Waals surface area contributed by atoms with Gasteiger partial charge in [-0.2, -0.15) is 0 Å². The van der Waals surface area contributed by atoms with Gasteiger partial charge in [-0.25, -0.2) is 8.42 Å². The van der Waals surface area contributed by atoms with Crippen molar-refractivity contribution in [1.82, 2.24) is 0 Å². The molecule has 21 heavy (non-hydrogen) atoms. The number of sulfone groups is 1.